The number of aryl methyl sites for hydroxylation is 2. The molecule has 0 radical (unpaired) electrons. The minimum Gasteiger partial charge on any atom is -0.492 e. The molecule has 0 spiro atoms. The first-order chi connectivity index (χ1) is 10.2. The smallest absolute Gasteiger partial charge is 0.122 e. The minimum absolute atomic E-state index is 0.439. The Morgan fingerprint density at radius 2 is 2.24 bits per heavy atom. The van der Waals surface area contributed by atoms with Crippen LogP contribution in [-0.4, -0.2) is 16.4 Å². The number of fused-ring (bicyclic) bond motifs is 1. The van der Waals surface area contributed by atoms with E-state index < -0.39 is 5.41 Å². The molecule has 1 aliphatic heterocycles. The van der Waals surface area contributed by atoms with Crippen molar-refractivity contribution in [3.05, 3.63) is 47.3 Å². The Morgan fingerprint density at radius 1 is 1.43 bits per heavy atom. The lowest BCUT2D eigenvalue weighted by Crippen LogP contribution is -2.36. The first-order valence-electron chi connectivity index (χ1n) is 7.31. The standard InChI is InChI=1S/C17H19N3O/c1-3-20-15(8-13(2)19-20)10-17(11-18)9-14-6-4-5-7-16(14)21-12-17/h4-8H,3,9-10,12H2,1-2H3. The predicted molar refractivity (Wildman–Crippen MR) is 80.0 cm³/mol. The van der Waals surface area contributed by atoms with Crippen molar-refractivity contribution in [1.29, 1.82) is 5.26 Å². The van der Waals surface area contributed by atoms with Gasteiger partial charge < -0.3 is 4.74 Å². The van der Waals surface area contributed by atoms with Crippen LogP contribution in [0.25, 0.3) is 0 Å². The van der Waals surface area contributed by atoms with Gasteiger partial charge in [-0.15, -0.1) is 0 Å². The van der Waals surface area contributed by atoms with E-state index in [0.29, 0.717) is 13.0 Å². The summed E-state index contributed by atoms with van der Waals surface area (Å²) in [5, 5.41) is 14.2. The van der Waals surface area contributed by atoms with Crippen molar-refractivity contribution in [2.45, 2.75) is 33.2 Å². The first kappa shape index (κ1) is 13.7. The molecule has 4 heteroatoms. The molecular formula is C17H19N3O. The number of nitrogens with zero attached hydrogens (tertiary/aromatic N) is 3. The molecule has 3 rings (SSSR count). The van der Waals surface area contributed by atoms with E-state index in [9.17, 15) is 5.26 Å². The van der Waals surface area contributed by atoms with E-state index in [1.54, 1.807) is 0 Å². The Bertz CT molecular complexity index is 698. The van der Waals surface area contributed by atoms with E-state index in [4.69, 9.17) is 4.74 Å². The van der Waals surface area contributed by atoms with Gasteiger partial charge in [-0.3, -0.25) is 4.68 Å². The van der Waals surface area contributed by atoms with Gasteiger partial charge in [0.2, 0.25) is 0 Å². The molecule has 108 valence electrons. The van der Waals surface area contributed by atoms with Gasteiger partial charge in [-0.25, -0.2) is 0 Å². The van der Waals surface area contributed by atoms with Crippen LogP contribution < -0.4 is 4.74 Å². The second-order valence-corrected chi connectivity index (χ2v) is 5.73. The molecule has 4 nitrogen and oxygen atoms in total. The maximum absolute atomic E-state index is 9.74. The summed E-state index contributed by atoms with van der Waals surface area (Å²) in [6, 6.07) is 12.5. The fraction of sp³-hybridized carbons (Fsp3) is 0.412. The van der Waals surface area contributed by atoms with E-state index >= 15 is 0 Å². The molecule has 0 amide bonds. The van der Waals surface area contributed by atoms with E-state index in [0.717, 1.165) is 35.7 Å². The molecule has 0 saturated carbocycles. The summed E-state index contributed by atoms with van der Waals surface area (Å²) in [5.74, 6) is 0.906. The molecule has 0 N–H and O–H groups in total. The molecule has 0 aliphatic carbocycles. The topological polar surface area (TPSA) is 50.8 Å². The number of aromatic nitrogens is 2. The molecular weight excluding hydrogens is 262 g/mol. The van der Waals surface area contributed by atoms with Gasteiger partial charge in [-0.05, 0) is 38.0 Å². The highest BCUT2D eigenvalue weighted by Gasteiger charge is 2.37. The number of hydrogen-bond acceptors (Lipinski definition) is 3. The Labute approximate surface area is 125 Å². The van der Waals surface area contributed by atoms with Crippen molar-refractivity contribution in [3.63, 3.8) is 0 Å². The van der Waals surface area contributed by atoms with Gasteiger partial charge in [0.15, 0.2) is 0 Å². The lowest BCUT2D eigenvalue weighted by molar-refractivity contribution is 0.167. The maximum Gasteiger partial charge on any atom is 0.122 e. The normalized spacial score (nSPS) is 20.4. The van der Waals surface area contributed by atoms with Crippen LogP contribution in [0.1, 0.15) is 23.9 Å². The maximum atomic E-state index is 9.74. The average molecular weight is 281 g/mol. The van der Waals surface area contributed by atoms with E-state index in [2.05, 4.69) is 24.2 Å². The number of para-hydroxylation sites is 1. The second kappa shape index (κ2) is 5.25. The van der Waals surface area contributed by atoms with Gasteiger partial charge in [0, 0.05) is 18.7 Å². The molecule has 0 bridgehead atoms. The summed E-state index contributed by atoms with van der Waals surface area (Å²) in [4.78, 5) is 0. The number of ether oxygens (including phenoxy) is 1. The molecule has 1 aromatic heterocycles. The summed E-state index contributed by atoms with van der Waals surface area (Å²) in [6.45, 7) is 5.32. The summed E-state index contributed by atoms with van der Waals surface area (Å²) >= 11 is 0. The van der Waals surface area contributed by atoms with Crippen molar-refractivity contribution in [1.82, 2.24) is 9.78 Å². The van der Waals surface area contributed by atoms with Crippen molar-refractivity contribution in [3.8, 4) is 11.8 Å². The zero-order valence-electron chi connectivity index (χ0n) is 12.5. The van der Waals surface area contributed by atoms with Gasteiger partial charge in [-0.2, -0.15) is 10.4 Å². The lowest BCUT2D eigenvalue weighted by atomic mass is 9.78. The highest BCUT2D eigenvalue weighted by Crippen LogP contribution is 2.36. The van der Waals surface area contributed by atoms with Crippen LogP contribution >= 0.6 is 0 Å². The fourth-order valence-corrected chi connectivity index (χ4v) is 3.01. The van der Waals surface area contributed by atoms with Crippen molar-refractivity contribution in [2.75, 3.05) is 6.61 Å². The number of hydrogen-bond donors (Lipinski definition) is 0. The molecule has 2 heterocycles. The van der Waals surface area contributed by atoms with Crippen LogP contribution in [0.5, 0.6) is 5.75 Å². The van der Waals surface area contributed by atoms with Crippen LogP contribution in [0, 0.1) is 23.7 Å². The number of rotatable bonds is 3. The largest absolute Gasteiger partial charge is 0.492 e. The average Bonchev–Trinajstić information content (AvgIpc) is 2.86. The minimum atomic E-state index is -0.506. The molecule has 1 aliphatic rings. The van der Waals surface area contributed by atoms with E-state index in [1.807, 2.05) is 35.9 Å². The van der Waals surface area contributed by atoms with Crippen molar-refractivity contribution in [2.24, 2.45) is 5.41 Å². The molecule has 1 unspecified atom stereocenters. The van der Waals surface area contributed by atoms with Gasteiger partial charge in [0.05, 0.1) is 11.8 Å². The molecule has 2 aromatic rings. The summed E-state index contributed by atoms with van der Waals surface area (Å²) < 4.78 is 7.81. The predicted octanol–water partition coefficient (Wildman–Crippen LogP) is 2.90. The second-order valence-electron chi connectivity index (χ2n) is 5.73. The highest BCUT2D eigenvalue weighted by molar-refractivity contribution is 5.38. The van der Waals surface area contributed by atoms with Gasteiger partial charge in [0.25, 0.3) is 0 Å². The molecule has 0 saturated heterocycles. The third-order valence-corrected chi connectivity index (χ3v) is 4.05. The monoisotopic (exact) mass is 281 g/mol. The Kier molecular flexibility index (Phi) is 3.42. The number of nitriles is 1. The van der Waals surface area contributed by atoms with Gasteiger partial charge in [0.1, 0.15) is 17.8 Å². The SMILES string of the molecule is CCn1nc(C)cc1CC1(C#N)COc2ccccc2C1. The highest BCUT2D eigenvalue weighted by atomic mass is 16.5. The van der Waals surface area contributed by atoms with E-state index in [1.165, 1.54) is 0 Å². The fourth-order valence-electron chi connectivity index (χ4n) is 3.01. The third kappa shape index (κ3) is 2.52. The summed E-state index contributed by atoms with van der Waals surface area (Å²) in [5.41, 5.74) is 2.72. The van der Waals surface area contributed by atoms with Crippen molar-refractivity contribution >= 4 is 0 Å². The van der Waals surface area contributed by atoms with Gasteiger partial charge >= 0.3 is 0 Å². The summed E-state index contributed by atoms with van der Waals surface area (Å²) in [6.07, 6.45) is 1.40. The van der Waals surface area contributed by atoms with Crippen LogP contribution in [-0.2, 0) is 19.4 Å². The van der Waals surface area contributed by atoms with Gasteiger partial charge in [-0.1, -0.05) is 18.2 Å². The zero-order chi connectivity index (χ0) is 14.9. The van der Waals surface area contributed by atoms with Crippen LogP contribution in [0.15, 0.2) is 30.3 Å². The quantitative estimate of drug-likeness (QED) is 0.869. The van der Waals surface area contributed by atoms with Crippen LogP contribution in [0.4, 0.5) is 0 Å². The third-order valence-electron chi connectivity index (χ3n) is 4.05. The van der Waals surface area contributed by atoms with Crippen molar-refractivity contribution < 1.29 is 4.74 Å². The van der Waals surface area contributed by atoms with Crippen LogP contribution in [0.3, 0.4) is 0 Å². The summed E-state index contributed by atoms with van der Waals surface area (Å²) in [7, 11) is 0. The zero-order valence-corrected chi connectivity index (χ0v) is 12.5. The molecule has 1 atom stereocenters. The lowest BCUT2D eigenvalue weighted by Gasteiger charge is -2.32. The van der Waals surface area contributed by atoms with Crippen LogP contribution in [0.2, 0.25) is 0 Å². The molecule has 1 aromatic carbocycles. The Hall–Kier alpha value is -2.28. The Morgan fingerprint density at radius 3 is 3.00 bits per heavy atom. The van der Waals surface area contributed by atoms with E-state index in [-0.39, 0.29) is 0 Å². The first-order valence-corrected chi connectivity index (χ1v) is 7.31. The number of benzene rings is 1. The molecule has 21 heavy (non-hydrogen) atoms. The molecule has 0 fully saturated rings. The Balaban J connectivity index is 1.91.